The summed E-state index contributed by atoms with van der Waals surface area (Å²) in [6, 6.07) is 18.3. The van der Waals surface area contributed by atoms with E-state index in [4.69, 9.17) is 0 Å². The zero-order chi connectivity index (χ0) is 19.4. The number of sulfonamides is 1. The van der Waals surface area contributed by atoms with Crippen molar-refractivity contribution in [3.05, 3.63) is 84.1 Å². The van der Waals surface area contributed by atoms with Crippen molar-refractivity contribution in [1.29, 1.82) is 0 Å². The average Bonchev–Trinajstić information content (AvgIpc) is 2.68. The summed E-state index contributed by atoms with van der Waals surface area (Å²) in [7, 11) is -2.31. The third-order valence-corrected chi connectivity index (χ3v) is 5.81. The van der Waals surface area contributed by atoms with Crippen molar-refractivity contribution in [3.63, 3.8) is 0 Å². The zero-order valence-corrected chi connectivity index (χ0v) is 15.8. The van der Waals surface area contributed by atoms with E-state index in [1.807, 2.05) is 19.1 Å². The first-order valence-electron chi connectivity index (χ1n) is 8.26. The normalized spacial score (nSPS) is 11.0. The van der Waals surface area contributed by atoms with Crippen LogP contribution in [0.4, 0.5) is 11.5 Å². The molecule has 6 nitrogen and oxygen atoms in total. The molecule has 0 spiro atoms. The van der Waals surface area contributed by atoms with E-state index >= 15 is 0 Å². The quantitative estimate of drug-likeness (QED) is 0.734. The molecule has 0 aliphatic carbocycles. The predicted molar refractivity (Wildman–Crippen MR) is 105 cm³/mol. The second-order valence-corrected chi connectivity index (χ2v) is 7.98. The summed E-state index contributed by atoms with van der Waals surface area (Å²) in [6.07, 6.45) is 1.60. The molecule has 3 aromatic rings. The molecule has 27 heavy (non-hydrogen) atoms. The molecule has 138 valence electrons. The fourth-order valence-electron chi connectivity index (χ4n) is 2.53. The van der Waals surface area contributed by atoms with Gasteiger partial charge in [0.15, 0.2) is 0 Å². The molecule has 0 aliphatic rings. The van der Waals surface area contributed by atoms with Crippen LogP contribution in [0.5, 0.6) is 0 Å². The molecular formula is C20H19N3O3S. The third kappa shape index (κ3) is 4.15. The monoisotopic (exact) mass is 381 g/mol. The molecule has 3 rings (SSSR count). The van der Waals surface area contributed by atoms with Gasteiger partial charge in [-0.25, -0.2) is 13.4 Å². The van der Waals surface area contributed by atoms with E-state index in [2.05, 4.69) is 10.3 Å². The predicted octanol–water partition coefficient (Wildman–Crippen LogP) is 3.47. The highest BCUT2D eigenvalue weighted by molar-refractivity contribution is 7.92. The molecule has 1 amide bonds. The van der Waals surface area contributed by atoms with Gasteiger partial charge in [0.1, 0.15) is 5.82 Å². The van der Waals surface area contributed by atoms with Crippen molar-refractivity contribution in [2.75, 3.05) is 16.7 Å². The Morgan fingerprint density at radius 1 is 1.00 bits per heavy atom. The first-order valence-corrected chi connectivity index (χ1v) is 9.70. The van der Waals surface area contributed by atoms with Crippen LogP contribution < -0.4 is 9.62 Å². The molecule has 7 heteroatoms. The van der Waals surface area contributed by atoms with Gasteiger partial charge in [-0.1, -0.05) is 24.3 Å². The van der Waals surface area contributed by atoms with E-state index in [0.717, 1.165) is 5.56 Å². The van der Waals surface area contributed by atoms with Crippen LogP contribution in [0.2, 0.25) is 0 Å². The largest absolute Gasteiger partial charge is 0.307 e. The lowest BCUT2D eigenvalue weighted by molar-refractivity contribution is 0.102. The number of aromatic nitrogens is 1. The number of para-hydroxylation sites is 1. The zero-order valence-electron chi connectivity index (χ0n) is 15.0. The van der Waals surface area contributed by atoms with Gasteiger partial charge < -0.3 is 5.32 Å². The van der Waals surface area contributed by atoms with Gasteiger partial charge in [-0.3, -0.25) is 9.10 Å². The van der Waals surface area contributed by atoms with E-state index in [1.165, 1.54) is 23.5 Å². The van der Waals surface area contributed by atoms with Crippen molar-refractivity contribution in [2.24, 2.45) is 0 Å². The Labute approximate surface area is 158 Å². The number of hydrogen-bond donors (Lipinski definition) is 1. The number of aryl methyl sites for hydroxylation is 1. The molecule has 0 radical (unpaired) electrons. The number of rotatable bonds is 5. The highest BCUT2D eigenvalue weighted by atomic mass is 32.2. The van der Waals surface area contributed by atoms with E-state index in [1.54, 1.807) is 48.7 Å². The van der Waals surface area contributed by atoms with E-state index in [9.17, 15) is 13.2 Å². The van der Waals surface area contributed by atoms with Crippen LogP contribution in [-0.4, -0.2) is 26.4 Å². The molecular weight excluding hydrogens is 362 g/mol. The molecule has 1 N–H and O–H groups in total. The maximum absolute atomic E-state index is 12.9. The number of anilines is 2. The molecule has 0 atom stereocenters. The molecule has 0 fully saturated rings. The van der Waals surface area contributed by atoms with Crippen LogP contribution >= 0.6 is 0 Å². The van der Waals surface area contributed by atoms with Crippen LogP contribution in [-0.2, 0) is 10.0 Å². The Hall–Kier alpha value is -3.19. The maximum atomic E-state index is 12.9. The lowest BCUT2D eigenvalue weighted by Crippen LogP contribution is -2.26. The Morgan fingerprint density at radius 2 is 1.74 bits per heavy atom. The van der Waals surface area contributed by atoms with Gasteiger partial charge in [0.25, 0.3) is 15.9 Å². The topological polar surface area (TPSA) is 79.4 Å². The van der Waals surface area contributed by atoms with Crippen molar-refractivity contribution >= 4 is 27.4 Å². The summed E-state index contributed by atoms with van der Waals surface area (Å²) in [5, 5.41) is 2.68. The molecule has 0 saturated heterocycles. The number of hydrogen-bond acceptors (Lipinski definition) is 4. The van der Waals surface area contributed by atoms with Crippen LogP contribution in [0.3, 0.4) is 0 Å². The SMILES string of the molecule is Cc1ccnc(NC(=O)c2cccc(S(=O)(=O)N(C)c3ccccc3)c2)c1. The first kappa shape index (κ1) is 18.6. The van der Waals surface area contributed by atoms with Gasteiger partial charge in [0.2, 0.25) is 0 Å². The van der Waals surface area contributed by atoms with Crippen LogP contribution in [0.15, 0.2) is 77.8 Å². The second-order valence-electron chi connectivity index (χ2n) is 6.01. The Bertz CT molecular complexity index is 1070. The van der Waals surface area contributed by atoms with Gasteiger partial charge in [-0.15, -0.1) is 0 Å². The summed E-state index contributed by atoms with van der Waals surface area (Å²) in [4.78, 5) is 16.6. The number of amides is 1. The minimum absolute atomic E-state index is 0.0405. The number of nitrogens with one attached hydrogen (secondary N) is 1. The van der Waals surface area contributed by atoms with E-state index < -0.39 is 15.9 Å². The lowest BCUT2D eigenvalue weighted by atomic mass is 10.2. The van der Waals surface area contributed by atoms with E-state index in [-0.39, 0.29) is 10.5 Å². The fourth-order valence-corrected chi connectivity index (χ4v) is 3.77. The third-order valence-electron chi connectivity index (χ3n) is 4.03. The highest BCUT2D eigenvalue weighted by Crippen LogP contribution is 2.22. The lowest BCUT2D eigenvalue weighted by Gasteiger charge is -2.19. The highest BCUT2D eigenvalue weighted by Gasteiger charge is 2.22. The Kier molecular flexibility index (Phi) is 5.23. The fraction of sp³-hybridized carbons (Fsp3) is 0.100. The standard InChI is InChI=1S/C20H19N3O3S/c1-15-11-12-21-19(13-15)22-20(24)16-7-6-10-18(14-16)27(25,26)23(2)17-8-4-3-5-9-17/h3-14H,1-2H3,(H,21,22,24). The molecule has 0 bridgehead atoms. The smallest absolute Gasteiger partial charge is 0.264 e. The minimum Gasteiger partial charge on any atom is -0.307 e. The number of carbonyl (C=O) groups excluding carboxylic acids is 1. The average molecular weight is 381 g/mol. The second kappa shape index (κ2) is 7.59. The first-order chi connectivity index (χ1) is 12.9. The van der Waals surface area contributed by atoms with Crippen molar-refractivity contribution < 1.29 is 13.2 Å². The Balaban J connectivity index is 1.87. The number of benzene rings is 2. The van der Waals surface area contributed by atoms with Gasteiger partial charge in [-0.2, -0.15) is 0 Å². The van der Waals surface area contributed by atoms with Crippen molar-refractivity contribution in [3.8, 4) is 0 Å². The van der Waals surface area contributed by atoms with Crippen LogP contribution in [0.1, 0.15) is 15.9 Å². The summed E-state index contributed by atoms with van der Waals surface area (Å²) >= 11 is 0. The van der Waals surface area contributed by atoms with Crippen LogP contribution in [0.25, 0.3) is 0 Å². The summed E-state index contributed by atoms with van der Waals surface area (Å²) in [5.74, 6) is -0.0119. The molecule has 1 heterocycles. The summed E-state index contributed by atoms with van der Waals surface area (Å²) in [6.45, 7) is 1.89. The molecule has 2 aromatic carbocycles. The number of nitrogens with zero attached hydrogens (tertiary/aromatic N) is 2. The summed E-state index contributed by atoms with van der Waals surface area (Å²) in [5.41, 5.74) is 1.73. The van der Waals surface area contributed by atoms with Gasteiger partial charge in [0.05, 0.1) is 10.6 Å². The van der Waals surface area contributed by atoms with Gasteiger partial charge in [0, 0.05) is 18.8 Å². The van der Waals surface area contributed by atoms with Crippen molar-refractivity contribution in [1.82, 2.24) is 4.98 Å². The van der Waals surface area contributed by atoms with E-state index in [0.29, 0.717) is 11.5 Å². The minimum atomic E-state index is -3.79. The number of carbonyl (C=O) groups is 1. The van der Waals surface area contributed by atoms with Crippen molar-refractivity contribution in [2.45, 2.75) is 11.8 Å². The number of pyridine rings is 1. The van der Waals surface area contributed by atoms with Crippen LogP contribution in [0, 0.1) is 6.92 Å². The molecule has 0 saturated carbocycles. The summed E-state index contributed by atoms with van der Waals surface area (Å²) < 4.78 is 27.0. The maximum Gasteiger partial charge on any atom is 0.264 e. The Morgan fingerprint density at radius 3 is 2.44 bits per heavy atom. The van der Waals surface area contributed by atoms with Gasteiger partial charge >= 0.3 is 0 Å². The molecule has 0 unspecified atom stereocenters. The van der Waals surface area contributed by atoms with Gasteiger partial charge in [-0.05, 0) is 55.0 Å². The molecule has 0 aliphatic heterocycles. The molecule has 1 aromatic heterocycles.